The smallest absolute Gasteiger partial charge is 0.339 e. The van der Waals surface area contributed by atoms with Crippen molar-refractivity contribution < 1.29 is 33.4 Å². The summed E-state index contributed by atoms with van der Waals surface area (Å²) in [4.78, 5) is 62.0. The molecule has 1 N–H and O–H groups in total. The van der Waals surface area contributed by atoms with Crippen LogP contribution in [0.1, 0.15) is 10.4 Å². The number of urea groups is 1. The lowest BCUT2D eigenvalue weighted by atomic mass is 10.2. The number of hydrogen-bond acceptors (Lipinski definition) is 7. The first-order chi connectivity index (χ1) is 14.3. The van der Waals surface area contributed by atoms with Crippen molar-refractivity contribution in [2.24, 2.45) is 0 Å². The number of rotatable bonds is 6. The first-order valence-corrected chi connectivity index (χ1v) is 8.68. The summed E-state index contributed by atoms with van der Waals surface area (Å²) in [6.45, 7) is -0.644. The molecule has 1 aliphatic rings. The van der Waals surface area contributed by atoms with Crippen LogP contribution in [-0.4, -0.2) is 55.4 Å². The molecule has 2 aromatic carbocycles. The van der Waals surface area contributed by atoms with Gasteiger partial charge < -0.3 is 14.8 Å². The van der Waals surface area contributed by atoms with Crippen molar-refractivity contribution in [3.05, 3.63) is 54.1 Å². The van der Waals surface area contributed by atoms with E-state index in [0.29, 0.717) is 26.8 Å². The third-order valence-corrected chi connectivity index (χ3v) is 4.28. The Morgan fingerprint density at radius 1 is 0.900 bits per heavy atom. The number of nitrogens with zero attached hydrogens (tertiary/aromatic N) is 2. The molecular formula is C20H17N3O7. The average molecular weight is 411 g/mol. The van der Waals surface area contributed by atoms with E-state index in [-0.39, 0.29) is 5.69 Å². The van der Waals surface area contributed by atoms with Gasteiger partial charge in [-0.05, 0) is 48.5 Å². The molecule has 5 amide bonds. The highest BCUT2D eigenvalue weighted by Gasteiger charge is 2.46. The third kappa shape index (κ3) is 3.97. The minimum absolute atomic E-state index is 0.181. The van der Waals surface area contributed by atoms with E-state index in [2.05, 4.69) is 10.1 Å². The van der Waals surface area contributed by atoms with E-state index in [1.165, 1.54) is 62.8 Å². The van der Waals surface area contributed by atoms with E-state index >= 15 is 0 Å². The molecule has 0 atom stereocenters. The van der Waals surface area contributed by atoms with Crippen LogP contribution in [0.3, 0.4) is 0 Å². The first kappa shape index (κ1) is 20.5. The van der Waals surface area contributed by atoms with Gasteiger partial charge in [0.1, 0.15) is 12.3 Å². The number of methoxy groups -OCH3 is 2. The van der Waals surface area contributed by atoms with Gasteiger partial charge in [-0.1, -0.05) is 0 Å². The van der Waals surface area contributed by atoms with Crippen LogP contribution in [0.25, 0.3) is 0 Å². The first-order valence-electron chi connectivity index (χ1n) is 8.68. The summed E-state index contributed by atoms with van der Waals surface area (Å²) in [7, 11) is 2.71. The van der Waals surface area contributed by atoms with Crippen LogP contribution >= 0.6 is 0 Å². The van der Waals surface area contributed by atoms with Gasteiger partial charge in [0, 0.05) is 5.69 Å². The van der Waals surface area contributed by atoms with Gasteiger partial charge in [-0.15, -0.1) is 0 Å². The topological polar surface area (TPSA) is 122 Å². The van der Waals surface area contributed by atoms with E-state index in [4.69, 9.17) is 4.74 Å². The molecule has 0 spiro atoms. The van der Waals surface area contributed by atoms with Crippen molar-refractivity contribution in [3.63, 3.8) is 0 Å². The largest absolute Gasteiger partial charge is 0.497 e. The number of anilines is 2. The molecule has 3 rings (SSSR count). The number of imide groups is 2. The summed E-state index contributed by atoms with van der Waals surface area (Å²) in [5.41, 5.74) is 0.812. The highest BCUT2D eigenvalue weighted by molar-refractivity contribution is 6.53. The molecular weight excluding hydrogens is 394 g/mol. The van der Waals surface area contributed by atoms with Gasteiger partial charge in [-0.3, -0.25) is 14.4 Å². The highest BCUT2D eigenvalue weighted by atomic mass is 16.5. The lowest BCUT2D eigenvalue weighted by Crippen LogP contribution is -2.39. The van der Waals surface area contributed by atoms with Crippen LogP contribution in [0, 0.1) is 0 Å². The van der Waals surface area contributed by atoms with Crippen molar-refractivity contribution in [2.45, 2.75) is 0 Å². The molecule has 0 unspecified atom stereocenters. The van der Waals surface area contributed by atoms with Gasteiger partial charge in [0.15, 0.2) is 0 Å². The molecule has 10 nitrogen and oxygen atoms in total. The molecule has 0 aromatic heterocycles. The van der Waals surface area contributed by atoms with Crippen LogP contribution in [0.4, 0.5) is 16.2 Å². The molecule has 154 valence electrons. The standard InChI is InChI=1S/C20H17N3O7/c1-29-15-9-7-14(8-10-15)23-18(26)17(25)22(20(23)28)11-16(24)21-13-5-3-12(4-6-13)19(27)30-2/h3-10H,11H2,1-2H3,(H,21,24). The maximum absolute atomic E-state index is 12.6. The lowest BCUT2D eigenvalue weighted by Gasteiger charge is -2.15. The molecule has 1 heterocycles. The molecule has 0 saturated carbocycles. The van der Waals surface area contributed by atoms with Gasteiger partial charge in [-0.2, -0.15) is 0 Å². The molecule has 1 fully saturated rings. The Morgan fingerprint density at radius 3 is 2.10 bits per heavy atom. The predicted octanol–water partition coefficient (Wildman–Crippen LogP) is 1.42. The lowest BCUT2D eigenvalue weighted by molar-refractivity contribution is -0.140. The van der Waals surface area contributed by atoms with Gasteiger partial charge in [0.05, 0.1) is 25.5 Å². The molecule has 1 aliphatic heterocycles. The zero-order chi connectivity index (χ0) is 21.8. The number of benzene rings is 2. The van der Waals surface area contributed by atoms with Gasteiger partial charge in [0.2, 0.25) is 5.91 Å². The summed E-state index contributed by atoms with van der Waals surface area (Å²) >= 11 is 0. The fraction of sp³-hybridized carbons (Fsp3) is 0.150. The second kappa shape index (κ2) is 8.43. The second-order valence-corrected chi connectivity index (χ2v) is 6.13. The number of amides is 5. The van der Waals surface area contributed by atoms with E-state index < -0.39 is 36.3 Å². The number of carbonyl (C=O) groups excluding carboxylic acids is 5. The SMILES string of the molecule is COC(=O)c1ccc(NC(=O)CN2C(=O)C(=O)N(c3ccc(OC)cc3)C2=O)cc1. The van der Waals surface area contributed by atoms with E-state index in [1.807, 2.05) is 0 Å². The van der Waals surface area contributed by atoms with E-state index in [9.17, 15) is 24.0 Å². The summed E-state index contributed by atoms with van der Waals surface area (Å²) in [5, 5.41) is 2.50. The maximum atomic E-state index is 12.6. The Morgan fingerprint density at radius 2 is 1.53 bits per heavy atom. The summed E-state index contributed by atoms with van der Waals surface area (Å²) in [6.07, 6.45) is 0. The van der Waals surface area contributed by atoms with Crippen molar-refractivity contribution in [3.8, 4) is 5.75 Å². The molecule has 1 saturated heterocycles. The molecule has 30 heavy (non-hydrogen) atoms. The Kier molecular flexibility index (Phi) is 5.77. The minimum Gasteiger partial charge on any atom is -0.497 e. The van der Waals surface area contributed by atoms with Crippen LogP contribution in [0.2, 0.25) is 0 Å². The molecule has 0 bridgehead atoms. The van der Waals surface area contributed by atoms with E-state index in [1.54, 1.807) is 0 Å². The van der Waals surface area contributed by atoms with Gasteiger partial charge in [-0.25, -0.2) is 19.4 Å². The Balaban J connectivity index is 1.69. The summed E-state index contributed by atoms with van der Waals surface area (Å²) in [5.74, 6) is -2.86. The van der Waals surface area contributed by atoms with Crippen molar-refractivity contribution in [1.82, 2.24) is 4.90 Å². The van der Waals surface area contributed by atoms with Crippen molar-refractivity contribution in [1.29, 1.82) is 0 Å². The summed E-state index contributed by atoms with van der Waals surface area (Å²) < 4.78 is 9.61. The Labute approximate surface area is 171 Å². The van der Waals surface area contributed by atoms with Crippen molar-refractivity contribution >= 4 is 41.1 Å². The van der Waals surface area contributed by atoms with Crippen LogP contribution in [-0.2, 0) is 19.1 Å². The number of nitrogens with one attached hydrogen (secondary N) is 1. The van der Waals surface area contributed by atoms with Crippen LogP contribution in [0.5, 0.6) is 5.75 Å². The second-order valence-electron chi connectivity index (χ2n) is 6.13. The molecule has 2 aromatic rings. The van der Waals surface area contributed by atoms with Crippen LogP contribution in [0.15, 0.2) is 48.5 Å². The Hall–Kier alpha value is -4.21. The zero-order valence-electron chi connectivity index (χ0n) is 16.1. The number of hydrogen-bond donors (Lipinski definition) is 1. The van der Waals surface area contributed by atoms with E-state index in [0.717, 1.165) is 0 Å². The number of carbonyl (C=O) groups is 5. The van der Waals surface area contributed by atoms with Gasteiger partial charge >= 0.3 is 23.8 Å². The Bertz CT molecular complexity index is 1020. The van der Waals surface area contributed by atoms with Gasteiger partial charge in [0.25, 0.3) is 0 Å². The monoisotopic (exact) mass is 411 g/mol. The number of esters is 1. The highest BCUT2D eigenvalue weighted by Crippen LogP contribution is 2.24. The zero-order valence-corrected chi connectivity index (χ0v) is 16.1. The van der Waals surface area contributed by atoms with Crippen LogP contribution < -0.4 is 15.0 Å². The minimum atomic E-state index is -1.10. The maximum Gasteiger partial charge on any atom is 0.339 e. The average Bonchev–Trinajstić information content (AvgIpc) is 2.97. The molecule has 0 radical (unpaired) electrons. The normalized spacial score (nSPS) is 13.5. The fourth-order valence-corrected chi connectivity index (χ4v) is 2.76. The molecule has 0 aliphatic carbocycles. The quantitative estimate of drug-likeness (QED) is 0.433. The third-order valence-electron chi connectivity index (χ3n) is 4.28. The predicted molar refractivity (Wildman–Crippen MR) is 104 cm³/mol. The fourth-order valence-electron chi connectivity index (χ4n) is 2.76. The summed E-state index contributed by atoms with van der Waals surface area (Å²) in [6, 6.07) is 10.9. The molecule has 10 heteroatoms. The van der Waals surface area contributed by atoms with Crippen molar-refractivity contribution in [2.75, 3.05) is 31.0 Å². The number of ether oxygens (including phenoxy) is 2.